The summed E-state index contributed by atoms with van der Waals surface area (Å²) in [7, 11) is 2.76. The Morgan fingerprint density at radius 3 is 2.68 bits per heavy atom. The van der Waals surface area contributed by atoms with Gasteiger partial charge >= 0.3 is 5.97 Å². The van der Waals surface area contributed by atoms with Gasteiger partial charge in [-0.05, 0) is 42.0 Å². The van der Waals surface area contributed by atoms with E-state index >= 15 is 0 Å². The summed E-state index contributed by atoms with van der Waals surface area (Å²) in [6.45, 7) is 0.967. The van der Waals surface area contributed by atoms with Crippen molar-refractivity contribution in [1.82, 2.24) is 0 Å². The van der Waals surface area contributed by atoms with E-state index in [0.717, 1.165) is 12.2 Å². The highest BCUT2D eigenvalue weighted by molar-refractivity contribution is 6.16. The average Bonchev–Trinajstić information content (AvgIpc) is 3.54. The van der Waals surface area contributed by atoms with E-state index in [0.29, 0.717) is 17.0 Å². The molecule has 0 radical (unpaired) electrons. The largest absolute Gasteiger partial charge is 0.503 e. The molecule has 1 N–H and O–H groups in total. The van der Waals surface area contributed by atoms with Crippen molar-refractivity contribution in [1.29, 1.82) is 0 Å². The van der Waals surface area contributed by atoms with Gasteiger partial charge in [-0.1, -0.05) is 24.3 Å². The maximum absolute atomic E-state index is 14.4. The zero-order valence-electron chi connectivity index (χ0n) is 16.0. The summed E-state index contributed by atoms with van der Waals surface area (Å²) < 4.78 is 29.9. The Labute approximate surface area is 164 Å². The second-order valence-electron chi connectivity index (χ2n) is 6.67. The van der Waals surface area contributed by atoms with Crippen molar-refractivity contribution in [3.63, 3.8) is 0 Å². The first-order chi connectivity index (χ1) is 13.6. The molecule has 0 atom stereocenters. The molecule has 1 aliphatic carbocycles. The second kappa shape index (κ2) is 9.26. The molecule has 6 heteroatoms. The first-order valence-electron chi connectivity index (χ1n) is 9.18. The SMILES string of the molecule is CO/C=C(\C(=O)OC)c1ccccc1COc1ccc(NCC2CC2)cc1F. The van der Waals surface area contributed by atoms with E-state index in [9.17, 15) is 9.18 Å². The van der Waals surface area contributed by atoms with Crippen LogP contribution < -0.4 is 10.1 Å². The normalized spacial score (nSPS) is 13.8. The summed E-state index contributed by atoms with van der Waals surface area (Å²) in [4.78, 5) is 12.1. The molecular weight excluding hydrogens is 361 g/mol. The van der Waals surface area contributed by atoms with Gasteiger partial charge in [0.2, 0.25) is 0 Å². The first-order valence-corrected chi connectivity index (χ1v) is 9.18. The minimum Gasteiger partial charge on any atom is -0.503 e. The zero-order chi connectivity index (χ0) is 19.9. The maximum atomic E-state index is 14.4. The minimum atomic E-state index is -0.522. The molecule has 0 aliphatic heterocycles. The van der Waals surface area contributed by atoms with Gasteiger partial charge in [0, 0.05) is 18.3 Å². The minimum absolute atomic E-state index is 0.0972. The van der Waals surface area contributed by atoms with Crippen LogP contribution in [0.2, 0.25) is 0 Å². The lowest BCUT2D eigenvalue weighted by atomic mass is 10.0. The van der Waals surface area contributed by atoms with E-state index < -0.39 is 11.8 Å². The third kappa shape index (κ3) is 5.03. The lowest BCUT2D eigenvalue weighted by Crippen LogP contribution is -2.08. The lowest BCUT2D eigenvalue weighted by Gasteiger charge is -2.14. The van der Waals surface area contributed by atoms with E-state index in [1.165, 1.54) is 39.4 Å². The van der Waals surface area contributed by atoms with Gasteiger partial charge in [0.05, 0.1) is 20.5 Å². The van der Waals surface area contributed by atoms with Crippen molar-refractivity contribution in [2.45, 2.75) is 19.4 Å². The Bertz CT molecular complexity index is 861. The van der Waals surface area contributed by atoms with Crippen LogP contribution in [0.15, 0.2) is 48.7 Å². The number of hydrogen-bond donors (Lipinski definition) is 1. The predicted molar refractivity (Wildman–Crippen MR) is 105 cm³/mol. The van der Waals surface area contributed by atoms with Crippen LogP contribution in [-0.2, 0) is 20.9 Å². The third-order valence-corrected chi connectivity index (χ3v) is 4.56. The summed E-state index contributed by atoms with van der Waals surface area (Å²) in [5, 5.41) is 3.24. The molecule has 0 amide bonds. The number of halogens is 1. The Balaban J connectivity index is 1.72. The van der Waals surface area contributed by atoms with Gasteiger partial charge in [-0.25, -0.2) is 9.18 Å². The number of nitrogens with one attached hydrogen (secondary N) is 1. The highest BCUT2D eigenvalue weighted by atomic mass is 19.1. The molecule has 2 aromatic carbocycles. The van der Waals surface area contributed by atoms with E-state index in [-0.39, 0.29) is 17.9 Å². The average molecular weight is 385 g/mol. The van der Waals surface area contributed by atoms with Crippen LogP contribution in [-0.4, -0.2) is 26.7 Å². The fourth-order valence-corrected chi connectivity index (χ4v) is 2.83. The molecule has 28 heavy (non-hydrogen) atoms. The number of anilines is 1. The fourth-order valence-electron chi connectivity index (χ4n) is 2.83. The van der Waals surface area contributed by atoms with Crippen LogP contribution in [0.3, 0.4) is 0 Å². The van der Waals surface area contributed by atoms with E-state index in [4.69, 9.17) is 14.2 Å². The first kappa shape index (κ1) is 19.7. The van der Waals surface area contributed by atoms with Gasteiger partial charge in [-0.15, -0.1) is 0 Å². The number of hydrogen-bond acceptors (Lipinski definition) is 5. The van der Waals surface area contributed by atoms with Gasteiger partial charge in [-0.3, -0.25) is 0 Å². The summed E-state index contributed by atoms with van der Waals surface area (Å²) in [6.07, 6.45) is 3.80. The molecule has 148 valence electrons. The Morgan fingerprint density at radius 1 is 1.21 bits per heavy atom. The zero-order valence-corrected chi connectivity index (χ0v) is 16.0. The van der Waals surface area contributed by atoms with Crippen molar-refractivity contribution >= 4 is 17.2 Å². The molecule has 5 nitrogen and oxygen atoms in total. The number of methoxy groups -OCH3 is 2. The van der Waals surface area contributed by atoms with Gasteiger partial charge in [0.1, 0.15) is 12.2 Å². The third-order valence-electron chi connectivity index (χ3n) is 4.56. The molecule has 0 saturated heterocycles. The van der Waals surface area contributed by atoms with Crippen molar-refractivity contribution < 1.29 is 23.4 Å². The van der Waals surface area contributed by atoms with Crippen LogP contribution >= 0.6 is 0 Å². The lowest BCUT2D eigenvalue weighted by molar-refractivity contribution is -0.133. The van der Waals surface area contributed by atoms with E-state index in [2.05, 4.69) is 5.32 Å². The number of carbonyl (C=O) groups is 1. The van der Waals surface area contributed by atoms with Crippen molar-refractivity contribution in [2.75, 3.05) is 26.1 Å². The molecule has 3 rings (SSSR count). The number of carbonyl (C=O) groups excluding carboxylic acids is 1. The van der Waals surface area contributed by atoms with Crippen molar-refractivity contribution in [3.8, 4) is 5.75 Å². The molecule has 0 unspecified atom stereocenters. The highest BCUT2D eigenvalue weighted by Crippen LogP contribution is 2.30. The van der Waals surface area contributed by atoms with Crippen LogP contribution in [0, 0.1) is 11.7 Å². The molecule has 1 fully saturated rings. The Hall–Kier alpha value is -3.02. The number of benzene rings is 2. The second-order valence-corrected chi connectivity index (χ2v) is 6.67. The summed E-state index contributed by atoms with van der Waals surface area (Å²) in [5.74, 6) is -0.0905. The van der Waals surface area contributed by atoms with E-state index in [1.807, 2.05) is 12.1 Å². The fraction of sp³-hybridized carbons (Fsp3) is 0.318. The van der Waals surface area contributed by atoms with Gasteiger partial charge in [-0.2, -0.15) is 0 Å². The molecule has 1 saturated carbocycles. The number of rotatable bonds is 9. The van der Waals surface area contributed by atoms with Crippen molar-refractivity contribution in [2.24, 2.45) is 5.92 Å². The molecule has 0 bridgehead atoms. The van der Waals surface area contributed by atoms with Gasteiger partial charge in [0.15, 0.2) is 11.6 Å². The Morgan fingerprint density at radius 2 is 2.00 bits per heavy atom. The van der Waals surface area contributed by atoms with Gasteiger partial charge in [0.25, 0.3) is 0 Å². The molecule has 0 aromatic heterocycles. The standard InChI is InChI=1S/C22H24FNO4/c1-26-14-19(22(25)27-2)18-6-4-3-5-16(18)13-28-21-10-9-17(11-20(21)23)24-12-15-7-8-15/h3-6,9-11,14-15,24H,7-8,12-13H2,1-2H3/b19-14-. The number of ether oxygens (including phenoxy) is 3. The van der Waals surface area contributed by atoms with Crippen LogP contribution in [0.5, 0.6) is 5.75 Å². The highest BCUT2D eigenvalue weighted by Gasteiger charge is 2.21. The van der Waals surface area contributed by atoms with Crippen LogP contribution in [0.1, 0.15) is 24.0 Å². The molecule has 2 aromatic rings. The van der Waals surface area contributed by atoms with Crippen LogP contribution in [0.25, 0.3) is 5.57 Å². The summed E-state index contributed by atoms with van der Waals surface area (Å²) >= 11 is 0. The molecule has 0 spiro atoms. The maximum Gasteiger partial charge on any atom is 0.341 e. The topological polar surface area (TPSA) is 56.8 Å². The van der Waals surface area contributed by atoms with Crippen molar-refractivity contribution in [3.05, 3.63) is 65.7 Å². The predicted octanol–water partition coefficient (Wildman–Crippen LogP) is 4.39. The summed E-state index contributed by atoms with van der Waals surface area (Å²) in [5.41, 5.74) is 2.34. The van der Waals surface area contributed by atoms with Gasteiger partial charge < -0.3 is 19.5 Å². The summed E-state index contributed by atoms with van der Waals surface area (Å²) in [6, 6.07) is 12.1. The van der Waals surface area contributed by atoms with E-state index in [1.54, 1.807) is 24.3 Å². The molecule has 1 aliphatic rings. The smallest absolute Gasteiger partial charge is 0.341 e. The Kier molecular flexibility index (Phi) is 6.53. The monoisotopic (exact) mass is 385 g/mol. The number of esters is 1. The molecular formula is C22H24FNO4. The molecule has 0 heterocycles. The quantitative estimate of drug-likeness (QED) is 0.394. The van der Waals surface area contributed by atoms with Crippen LogP contribution in [0.4, 0.5) is 10.1 Å².